The van der Waals surface area contributed by atoms with E-state index in [2.05, 4.69) is 72.3 Å². The molecule has 100 valence electrons. The summed E-state index contributed by atoms with van der Waals surface area (Å²) < 4.78 is 1.15. The highest BCUT2D eigenvalue weighted by Gasteiger charge is 2.17. The highest BCUT2D eigenvalue weighted by Crippen LogP contribution is 2.31. The van der Waals surface area contributed by atoms with Crippen molar-refractivity contribution in [1.82, 2.24) is 5.32 Å². The van der Waals surface area contributed by atoms with Crippen LogP contribution in [0.5, 0.6) is 0 Å². The van der Waals surface area contributed by atoms with Gasteiger partial charge >= 0.3 is 0 Å². The average Bonchev–Trinajstić information content (AvgIpc) is 2.38. The lowest BCUT2D eigenvalue weighted by atomic mass is 9.92. The molecule has 1 unspecified atom stereocenters. The van der Waals surface area contributed by atoms with Crippen molar-refractivity contribution in [3.63, 3.8) is 0 Å². The largest absolute Gasteiger partial charge is 0.309 e. The van der Waals surface area contributed by atoms with Crippen LogP contribution in [0.3, 0.4) is 0 Å². The van der Waals surface area contributed by atoms with Crippen LogP contribution in [0.25, 0.3) is 0 Å². The fourth-order valence-electron chi connectivity index (χ4n) is 2.48. The van der Waals surface area contributed by atoms with Crippen LogP contribution in [-0.2, 0) is 0 Å². The quantitative estimate of drug-likeness (QED) is 0.866. The maximum Gasteiger partial charge on any atom is 0.0588 e. The number of nitrogens with one attached hydrogen (secondary N) is 1. The van der Waals surface area contributed by atoms with Crippen molar-refractivity contribution in [2.45, 2.75) is 26.8 Å². The molecule has 0 amide bonds. The first-order valence-corrected chi connectivity index (χ1v) is 7.33. The van der Waals surface area contributed by atoms with Crippen LogP contribution in [0, 0.1) is 20.8 Å². The molecule has 2 aromatic rings. The smallest absolute Gasteiger partial charge is 0.0588 e. The molecule has 2 heteroatoms. The number of benzene rings is 2. The van der Waals surface area contributed by atoms with Gasteiger partial charge in [0, 0.05) is 4.47 Å². The lowest BCUT2D eigenvalue weighted by Crippen LogP contribution is -2.19. The number of aryl methyl sites for hydroxylation is 3. The molecule has 0 spiro atoms. The van der Waals surface area contributed by atoms with Crippen LogP contribution >= 0.6 is 15.9 Å². The summed E-state index contributed by atoms with van der Waals surface area (Å²) in [5.74, 6) is 0. The Labute approximate surface area is 124 Å². The van der Waals surface area contributed by atoms with Gasteiger partial charge in [0.25, 0.3) is 0 Å². The van der Waals surface area contributed by atoms with Crippen LogP contribution in [0.4, 0.5) is 0 Å². The first-order valence-electron chi connectivity index (χ1n) is 6.54. The molecule has 0 saturated heterocycles. The maximum absolute atomic E-state index is 3.65. The summed E-state index contributed by atoms with van der Waals surface area (Å²) in [5, 5.41) is 3.43. The van der Waals surface area contributed by atoms with E-state index >= 15 is 0 Å². The minimum absolute atomic E-state index is 0.217. The van der Waals surface area contributed by atoms with Gasteiger partial charge in [-0.05, 0) is 61.7 Å². The van der Waals surface area contributed by atoms with Gasteiger partial charge < -0.3 is 5.32 Å². The Kier molecular flexibility index (Phi) is 4.43. The second-order valence-electron chi connectivity index (χ2n) is 5.04. The molecule has 0 fully saturated rings. The van der Waals surface area contributed by atoms with E-state index in [-0.39, 0.29) is 6.04 Å². The van der Waals surface area contributed by atoms with Gasteiger partial charge in [0.1, 0.15) is 0 Å². The van der Waals surface area contributed by atoms with Crippen molar-refractivity contribution in [2.24, 2.45) is 0 Å². The number of halogens is 1. The van der Waals surface area contributed by atoms with Gasteiger partial charge in [0.05, 0.1) is 6.04 Å². The van der Waals surface area contributed by atoms with E-state index in [0.29, 0.717) is 0 Å². The average molecular weight is 318 g/mol. The molecule has 0 aliphatic heterocycles. The zero-order chi connectivity index (χ0) is 14.0. The molecule has 0 heterocycles. The molecule has 2 aromatic carbocycles. The second-order valence-corrected chi connectivity index (χ2v) is 5.89. The maximum atomic E-state index is 3.65. The summed E-state index contributed by atoms with van der Waals surface area (Å²) in [5.41, 5.74) is 6.64. The molecular formula is C17H20BrN. The normalized spacial score (nSPS) is 12.5. The molecule has 19 heavy (non-hydrogen) atoms. The third-order valence-corrected chi connectivity index (χ3v) is 4.42. The standard InChI is InChI=1S/C17H20BrN/c1-11-9-13(3)15(10-12(11)2)17(19-4)14-7-5-6-8-16(14)18/h5-10,17,19H,1-4H3. The molecule has 1 atom stereocenters. The summed E-state index contributed by atoms with van der Waals surface area (Å²) in [4.78, 5) is 0. The number of hydrogen-bond acceptors (Lipinski definition) is 1. The zero-order valence-electron chi connectivity index (χ0n) is 11.9. The van der Waals surface area contributed by atoms with Gasteiger partial charge in [-0.2, -0.15) is 0 Å². The second kappa shape index (κ2) is 5.89. The van der Waals surface area contributed by atoms with Crippen molar-refractivity contribution in [3.8, 4) is 0 Å². The summed E-state index contributed by atoms with van der Waals surface area (Å²) >= 11 is 3.65. The van der Waals surface area contributed by atoms with Crippen LogP contribution in [0.15, 0.2) is 40.9 Å². The van der Waals surface area contributed by atoms with E-state index in [1.165, 1.54) is 27.8 Å². The Morgan fingerprint density at radius 3 is 2.16 bits per heavy atom. The lowest BCUT2D eigenvalue weighted by molar-refractivity contribution is 0.684. The van der Waals surface area contributed by atoms with Crippen molar-refractivity contribution in [3.05, 3.63) is 68.7 Å². The number of hydrogen-bond donors (Lipinski definition) is 1. The van der Waals surface area contributed by atoms with Gasteiger partial charge in [-0.25, -0.2) is 0 Å². The van der Waals surface area contributed by atoms with Gasteiger partial charge in [0.2, 0.25) is 0 Å². The van der Waals surface area contributed by atoms with Gasteiger partial charge in [-0.15, -0.1) is 0 Å². The third-order valence-electron chi connectivity index (χ3n) is 3.70. The van der Waals surface area contributed by atoms with Crippen LogP contribution in [-0.4, -0.2) is 7.05 Å². The minimum atomic E-state index is 0.217. The number of rotatable bonds is 3. The predicted molar refractivity (Wildman–Crippen MR) is 85.7 cm³/mol. The SMILES string of the molecule is CNC(c1cc(C)c(C)cc1C)c1ccccc1Br. The molecule has 0 radical (unpaired) electrons. The topological polar surface area (TPSA) is 12.0 Å². The first kappa shape index (κ1) is 14.3. The van der Waals surface area contributed by atoms with E-state index in [0.717, 1.165) is 4.47 Å². The Morgan fingerprint density at radius 2 is 1.53 bits per heavy atom. The van der Waals surface area contributed by atoms with Crippen LogP contribution in [0.2, 0.25) is 0 Å². The van der Waals surface area contributed by atoms with Gasteiger partial charge in [-0.3, -0.25) is 0 Å². The molecule has 0 aromatic heterocycles. The van der Waals surface area contributed by atoms with E-state index in [9.17, 15) is 0 Å². The Bertz CT molecular complexity index is 590. The van der Waals surface area contributed by atoms with Crippen molar-refractivity contribution in [2.75, 3.05) is 7.05 Å². The monoisotopic (exact) mass is 317 g/mol. The lowest BCUT2D eigenvalue weighted by Gasteiger charge is -2.22. The van der Waals surface area contributed by atoms with Crippen LogP contribution < -0.4 is 5.32 Å². The van der Waals surface area contributed by atoms with Gasteiger partial charge in [-0.1, -0.05) is 46.3 Å². The molecule has 0 aliphatic carbocycles. The first-order chi connectivity index (χ1) is 9.04. The molecule has 0 bridgehead atoms. The Hall–Kier alpha value is -1.12. The van der Waals surface area contributed by atoms with E-state index in [4.69, 9.17) is 0 Å². The summed E-state index contributed by atoms with van der Waals surface area (Å²) in [6.07, 6.45) is 0. The Morgan fingerprint density at radius 1 is 0.895 bits per heavy atom. The molecule has 1 nitrogen and oxygen atoms in total. The van der Waals surface area contributed by atoms with E-state index in [1.54, 1.807) is 0 Å². The van der Waals surface area contributed by atoms with Crippen molar-refractivity contribution < 1.29 is 0 Å². The van der Waals surface area contributed by atoms with Crippen molar-refractivity contribution in [1.29, 1.82) is 0 Å². The molecule has 0 saturated carbocycles. The van der Waals surface area contributed by atoms with E-state index in [1.807, 2.05) is 13.1 Å². The summed E-state index contributed by atoms with van der Waals surface area (Å²) in [6.45, 7) is 6.52. The third kappa shape index (κ3) is 2.90. The molecule has 1 N–H and O–H groups in total. The van der Waals surface area contributed by atoms with E-state index < -0.39 is 0 Å². The fraction of sp³-hybridized carbons (Fsp3) is 0.294. The minimum Gasteiger partial charge on any atom is -0.309 e. The zero-order valence-corrected chi connectivity index (χ0v) is 13.5. The molecule has 0 aliphatic rings. The highest BCUT2D eigenvalue weighted by molar-refractivity contribution is 9.10. The Balaban J connectivity index is 2.55. The molecular weight excluding hydrogens is 298 g/mol. The molecule has 2 rings (SSSR count). The van der Waals surface area contributed by atoms with Gasteiger partial charge in [0.15, 0.2) is 0 Å². The van der Waals surface area contributed by atoms with Crippen LogP contribution in [0.1, 0.15) is 33.9 Å². The summed E-state index contributed by atoms with van der Waals surface area (Å²) in [7, 11) is 2.01. The van der Waals surface area contributed by atoms with Crippen molar-refractivity contribution >= 4 is 15.9 Å². The highest BCUT2D eigenvalue weighted by atomic mass is 79.9. The fourth-order valence-corrected chi connectivity index (χ4v) is 3.00. The summed E-state index contributed by atoms with van der Waals surface area (Å²) in [6, 6.07) is 13.2. The predicted octanol–water partition coefficient (Wildman–Crippen LogP) is 4.68.